The maximum atomic E-state index is 10.4. The lowest BCUT2D eigenvalue weighted by Gasteiger charge is -2.19. The Balaban J connectivity index is 1.83. The molecule has 4 nitrogen and oxygen atoms in total. The first-order chi connectivity index (χ1) is 15.5. The SMILES string of the molecule is CC/C(=C/C=C/C(O)(CC)CC)c1ccc(NCCCCc2ccc(CO)c(CO)c2)s1. The van der Waals surface area contributed by atoms with Crippen molar-refractivity contribution in [2.24, 2.45) is 0 Å². The van der Waals surface area contributed by atoms with Crippen LogP contribution < -0.4 is 5.32 Å². The lowest BCUT2D eigenvalue weighted by molar-refractivity contribution is 0.0828. The molecule has 0 saturated heterocycles. The van der Waals surface area contributed by atoms with Crippen molar-refractivity contribution < 1.29 is 15.3 Å². The summed E-state index contributed by atoms with van der Waals surface area (Å²) in [6.07, 6.45) is 11.5. The molecule has 1 heterocycles. The summed E-state index contributed by atoms with van der Waals surface area (Å²) < 4.78 is 0. The van der Waals surface area contributed by atoms with Crippen LogP contribution in [0.1, 0.15) is 74.4 Å². The Bertz CT molecular complexity index is 881. The summed E-state index contributed by atoms with van der Waals surface area (Å²) in [5.41, 5.74) is 3.39. The molecule has 1 aromatic carbocycles. The number of hydrogen-bond acceptors (Lipinski definition) is 5. The van der Waals surface area contributed by atoms with Crippen molar-refractivity contribution >= 4 is 21.9 Å². The number of thiophene rings is 1. The number of unbranched alkanes of at least 4 members (excludes halogenated alkanes) is 1. The normalized spacial score (nSPS) is 12.6. The van der Waals surface area contributed by atoms with Crippen molar-refractivity contribution in [1.82, 2.24) is 0 Å². The van der Waals surface area contributed by atoms with Crippen LogP contribution in [0.2, 0.25) is 0 Å². The molecule has 0 bridgehead atoms. The minimum atomic E-state index is -0.710. The third-order valence-corrected chi connectivity index (χ3v) is 7.15. The first kappa shape index (κ1) is 26.3. The van der Waals surface area contributed by atoms with E-state index >= 15 is 0 Å². The Kier molecular flexibility index (Phi) is 11.2. The second-order valence-electron chi connectivity index (χ2n) is 8.18. The fourth-order valence-electron chi connectivity index (χ4n) is 3.61. The molecule has 176 valence electrons. The van der Waals surface area contributed by atoms with Crippen molar-refractivity contribution in [2.45, 2.75) is 78.1 Å². The van der Waals surface area contributed by atoms with Gasteiger partial charge >= 0.3 is 0 Å². The van der Waals surface area contributed by atoms with Gasteiger partial charge in [-0.1, -0.05) is 57.2 Å². The largest absolute Gasteiger partial charge is 0.392 e. The van der Waals surface area contributed by atoms with E-state index in [4.69, 9.17) is 0 Å². The molecule has 0 unspecified atom stereocenters. The number of aliphatic hydroxyl groups excluding tert-OH is 2. The van der Waals surface area contributed by atoms with Crippen LogP contribution in [0.5, 0.6) is 0 Å². The standard InChI is InChI=1S/C27H39NO3S/c1-4-22(11-9-16-27(31,5-2)6-3)25-14-15-26(32-25)28-17-8-7-10-21-12-13-23(19-29)24(18-21)20-30/h9,11-16,18,28-31H,4-8,10,17,19-20H2,1-3H3/b16-9+,22-11-. The van der Waals surface area contributed by atoms with Gasteiger partial charge in [-0.25, -0.2) is 0 Å². The molecule has 32 heavy (non-hydrogen) atoms. The summed E-state index contributed by atoms with van der Waals surface area (Å²) >= 11 is 1.77. The average Bonchev–Trinajstić information content (AvgIpc) is 3.29. The van der Waals surface area contributed by atoms with Crippen LogP contribution in [0, 0.1) is 0 Å². The van der Waals surface area contributed by atoms with Gasteiger partial charge in [0.1, 0.15) is 0 Å². The number of aliphatic hydroxyl groups is 3. The zero-order valence-electron chi connectivity index (χ0n) is 19.7. The fourth-order valence-corrected chi connectivity index (χ4v) is 4.64. The van der Waals surface area contributed by atoms with Crippen LogP contribution >= 0.6 is 11.3 Å². The van der Waals surface area contributed by atoms with Gasteiger partial charge in [0.25, 0.3) is 0 Å². The zero-order valence-corrected chi connectivity index (χ0v) is 20.5. The highest BCUT2D eigenvalue weighted by molar-refractivity contribution is 7.17. The third kappa shape index (κ3) is 7.89. The van der Waals surface area contributed by atoms with Crippen LogP contribution in [0.25, 0.3) is 5.57 Å². The second-order valence-corrected chi connectivity index (χ2v) is 9.27. The molecule has 0 radical (unpaired) electrons. The van der Waals surface area contributed by atoms with Gasteiger partial charge in [-0.15, -0.1) is 11.3 Å². The Morgan fingerprint density at radius 3 is 2.41 bits per heavy atom. The molecule has 0 saturated carbocycles. The first-order valence-corrected chi connectivity index (χ1v) is 12.6. The molecule has 0 aliphatic carbocycles. The highest BCUT2D eigenvalue weighted by atomic mass is 32.1. The van der Waals surface area contributed by atoms with E-state index in [2.05, 4.69) is 30.4 Å². The Morgan fingerprint density at radius 2 is 1.75 bits per heavy atom. The minimum absolute atomic E-state index is 0.0337. The Hall–Kier alpha value is -1.92. The summed E-state index contributed by atoms with van der Waals surface area (Å²) in [6.45, 7) is 7.03. The van der Waals surface area contributed by atoms with Crippen molar-refractivity contribution in [1.29, 1.82) is 0 Å². The molecule has 0 atom stereocenters. The van der Waals surface area contributed by atoms with Gasteiger partial charge in [0.2, 0.25) is 0 Å². The van der Waals surface area contributed by atoms with Crippen LogP contribution in [-0.2, 0) is 19.6 Å². The minimum Gasteiger partial charge on any atom is -0.392 e. The molecule has 2 rings (SSSR count). The maximum Gasteiger partial charge on any atom is 0.0888 e. The first-order valence-electron chi connectivity index (χ1n) is 11.8. The molecular weight excluding hydrogens is 418 g/mol. The number of benzene rings is 1. The molecule has 0 amide bonds. The van der Waals surface area contributed by atoms with E-state index in [1.165, 1.54) is 21.0 Å². The van der Waals surface area contributed by atoms with E-state index < -0.39 is 5.60 Å². The molecule has 1 aromatic heterocycles. The molecule has 4 N–H and O–H groups in total. The fraction of sp³-hybridized carbons (Fsp3) is 0.481. The van der Waals surface area contributed by atoms with E-state index in [-0.39, 0.29) is 13.2 Å². The van der Waals surface area contributed by atoms with E-state index in [1.807, 2.05) is 44.2 Å². The zero-order chi connectivity index (χ0) is 23.4. The van der Waals surface area contributed by atoms with Crippen molar-refractivity contribution in [2.75, 3.05) is 11.9 Å². The predicted octanol–water partition coefficient (Wildman–Crippen LogP) is 6.07. The summed E-state index contributed by atoms with van der Waals surface area (Å²) in [4.78, 5) is 1.26. The van der Waals surface area contributed by atoms with E-state index in [9.17, 15) is 15.3 Å². The quantitative estimate of drug-likeness (QED) is 0.205. The average molecular weight is 458 g/mol. The topological polar surface area (TPSA) is 72.7 Å². The van der Waals surface area contributed by atoms with Crippen molar-refractivity contribution in [3.05, 3.63) is 70.1 Å². The lowest BCUT2D eigenvalue weighted by atomic mass is 9.97. The van der Waals surface area contributed by atoms with Crippen LogP contribution in [-0.4, -0.2) is 27.5 Å². The van der Waals surface area contributed by atoms with Gasteiger partial charge in [0.15, 0.2) is 0 Å². The van der Waals surface area contributed by atoms with E-state index in [1.54, 1.807) is 11.3 Å². The number of allylic oxidation sites excluding steroid dienone is 3. The number of aryl methyl sites for hydroxylation is 1. The maximum absolute atomic E-state index is 10.4. The highest BCUT2D eigenvalue weighted by Crippen LogP contribution is 2.30. The summed E-state index contributed by atoms with van der Waals surface area (Å²) in [7, 11) is 0. The number of anilines is 1. The highest BCUT2D eigenvalue weighted by Gasteiger charge is 2.16. The Morgan fingerprint density at radius 1 is 1.00 bits per heavy atom. The molecule has 0 fully saturated rings. The predicted molar refractivity (Wildman–Crippen MR) is 137 cm³/mol. The number of nitrogens with one attached hydrogen (secondary N) is 1. The molecule has 0 spiro atoms. The molecule has 5 heteroatoms. The van der Waals surface area contributed by atoms with Gasteiger partial charge in [0.05, 0.1) is 23.8 Å². The van der Waals surface area contributed by atoms with Crippen LogP contribution in [0.15, 0.2) is 48.6 Å². The summed E-state index contributed by atoms with van der Waals surface area (Å²) in [5, 5.41) is 33.9. The molecule has 0 aliphatic rings. The third-order valence-electron chi connectivity index (χ3n) is 6.03. The molecular formula is C27H39NO3S. The van der Waals surface area contributed by atoms with E-state index in [0.717, 1.165) is 56.2 Å². The van der Waals surface area contributed by atoms with Crippen molar-refractivity contribution in [3.63, 3.8) is 0 Å². The van der Waals surface area contributed by atoms with Crippen LogP contribution in [0.4, 0.5) is 5.00 Å². The van der Waals surface area contributed by atoms with Crippen molar-refractivity contribution in [3.8, 4) is 0 Å². The lowest BCUT2D eigenvalue weighted by Crippen LogP contribution is -2.22. The molecule has 2 aromatic rings. The van der Waals surface area contributed by atoms with Gasteiger partial charge in [-0.05, 0) is 72.9 Å². The van der Waals surface area contributed by atoms with E-state index in [0.29, 0.717) is 0 Å². The Labute approximate surface area is 197 Å². The summed E-state index contributed by atoms with van der Waals surface area (Å²) in [5.74, 6) is 0. The number of rotatable bonds is 14. The summed E-state index contributed by atoms with van der Waals surface area (Å²) in [6, 6.07) is 10.3. The van der Waals surface area contributed by atoms with Gasteiger partial charge in [-0.2, -0.15) is 0 Å². The smallest absolute Gasteiger partial charge is 0.0888 e. The molecule has 0 aliphatic heterocycles. The van der Waals surface area contributed by atoms with Gasteiger partial charge in [0, 0.05) is 11.4 Å². The van der Waals surface area contributed by atoms with Crippen LogP contribution in [0.3, 0.4) is 0 Å². The van der Waals surface area contributed by atoms with Gasteiger partial charge in [-0.3, -0.25) is 0 Å². The van der Waals surface area contributed by atoms with Gasteiger partial charge < -0.3 is 20.6 Å². The second kappa shape index (κ2) is 13.6. The number of hydrogen-bond donors (Lipinski definition) is 4. The monoisotopic (exact) mass is 457 g/mol.